The van der Waals surface area contributed by atoms with Crippen LogP contribution in [0.15, 0.2) is 58.1 Å². The molecule has 0 amide bonds. The summed E-state index contributed by atoms with van der Waals surface area (Å²) in [4.78, 5) is 36.6. The van der Waals surface area contributed by atoms with Crippen molar-refractivity contribution in [3.8, 4) is 0 Å². The van der Waals surface area contributed by atoms with Crippen LogP contribution in [0.2, 0.25) is 0 Å². The van der Waals surface area contributed by atoms with E-state index in [-0.39, 0.29) is 16.2 Å². The Kier molecular flexibility index (Phi) is 6.26. The maximum atomic E-state index is 12.7. The molecule has 1 unspecified atom stereocenters. The lowest BCUT2D eigenvalue weighted by Gasteiger charge is -2.32. The zero-order valence-electron chi connectivity index (χ0n) is 16.1. The number of allylic oxidation sites excluding steroid dienone is 6. The number of rotatable bonds is 5. The Balaban J connectivity index is 2.36. The molecule has 0 radical (unpaired) electrons. The molecule has 0 bridgehead atoms. The summed E-state index contributed by atoms with van der Waals surface area (Å²) in [5.41, 5.74) is -0.529. The van der Waals surface area contributed by atoms with Crippen LogP contribution in [-0.4, -0.2) is 23.1 Å². The van der Waals surface area contributed by atoms with E-state index in [2.05, 4.69) is 19.9 Å². The lowest BCUT2D eigenvalue weighted by atomic mass is 9.80. The van der Waals surface area contributed by atoms with Gasteiger partial charge in [0.05, 0.1) is 10.6 Å². The van der Waals surface area contributed by atoms with Gasteiger partial charge >= 0.3 is 5.97 Å². The fourth-order valence-corrected chi connectivity index (χ4v) is 3.13. The molecule has 27 heavy (non-hydrogen) atoms. The van der Waals surface area contributed by atoms with Gasteiger partial charge in [0, 0.05) is 12.5 Å². The third-order valence-corrected chi connectivity index (χ3v) is 4.86. The highest BCUT2D eigenvalue weighted by Crippen LogP contribution is 2.38. The molecule has 0 saturated carbocycles. The molecular formula is C21H23ClO5. The quantitative estimate of drug-likeness (QED) is 0.397. The topological polar surface area (TPSA) is 69.7 Å². The van der Waals surface area contributed by atoms with Gasteiger partial charge < -0.3 is 9.47 Å². The molecule has 1 aliphatic heterocycles. The highest BCUT2D eigenvalue weighted by Gasteiger charge is 2.52. The van der Waals surface area contributed by atoms with Crippen molar-refractivity contribution >= 4 is 29.1 Å². The third-order valence-electron chi connectivity index (χ3n) is 4.49. The molecule has 0 aromatic heterocycles. The number of hydrogen-bond acceptors (Lipinski definition) is 5. The number of Topliss-reactive ketones (excluding diaryl/α,β-unsaturated/α-hetero) is 2. The predicted molar refractivity (Wildman–Crippen MR) is 103 cm³/mol. The molecule has 2 atom stereocenters. The van der Waals surface area contributed by atoms with Crippen LogP contribution in [-0.2, 0) is 23.9 Å². The Morgan fingerprint density at radius 2 is 2.00 bits per heavy atom. The molecule has 0 N–H and O–H groups in total. The first kappa shape index (κ1) is 20.9. The zero-order chi connectivity index (χ0) is 20.4. The standard InChI is InChI=1S/C21H23ClO5/c1-6-12(2)9-13(3)7-8-15-10-16-17(11-26-15)19(24)21(5,27-14(4)23)20(25)18(16)22/h7-12H,6H2,1-5H3/b8-7+,13-9+/t12-,21?/m0/s1. The average Bonchev–Trinajstić information content (AvgIpc) is 2.62. The second kappa shape index (κ2) is 8.09. The van der Waals surface area contributed by atoms with Gasteiger partial charge in [-0.2, -0.15) is 0 Å². The van der Waals surface area contributed by atoms with Crippen LogP contribution >= 0.6 is 11.6 Å². The molecule has 0 spiro atoms. The molecule has 0 fully saturated rings. The van der Waals surface area contributed by atoms with E-state index < -0.39 is 23.1 Å². The minimum absolute atomic E-state index is 0.104. The van der Waals surface area contributed by atoms with Crippen LogP contribution in [0.3, 0.4) is 0 Å². The van der Waals surface area contributed by atoms with E-state index in [0.29, 0.717) is 11.7 Å². The molecule has 1 heterocycles. The fourth-order valence-electron chi connectivity index (χ4n) is 2.80. The first-order chi connectivity index (χ1) is 12.6. The number of ketones is 2. The Bertz CT molecular complexity index is 841. The van der Waals surface area contributed by atoms with Gasteiger partial charge in [-0.05, 0) is 31.9 Å². The monoisotopic (exact) mass is 390 g/mol. The normalized spacial score (nSPS) is 24.3. The van der Waals surface area contributed by atoms with Crippen LogP contribution < -0.4 is 0 Å². The smallest absolute Gasteiger partial charge is 0.304 e. The summed E-state index contributed by atoms with van der Waals surface area (Å²) in [5, 5.41) is -0.161. The minimum atomic E-state index is -1.97. The number of ether oxygens (including phenoxy) is 2. The number of halogens is 1. The molecule has 0 aromatic carbocycles. The SMILES string of the molecule is CC[C@H](C)/C=C(C)/C=C/C1=CC2=C(Cl)C(=O)C(C)(OC(C)=O)C(=O)C2=CO1. The second-order valence-electron chi connectivity index (χ2n) is 6.84. The Morgan fingerprint density at radius 1 is 1.33 bits per heavy atom. The summed E-state index contributed by atoms with van der Waals surface area (Å²) in [6.07, 6.45) is 9.60. The van der Waals surface area contributed by atoms with Crippen LogP contribution in [0.4, 0.5) is 0 Å². The van der Waals surface area contributed by atoms with Gasteiger partial charge in [0.2, 0.25) is 17.2 Å². The first-order valence-electron chi connectivity index (χ1n) is 8.74. The van der Waals surface area contributed by atoms with Crippen molar-refractivity contribution in [2.45, 2.75) is 46.6 Å². The zero-order valence-corrected chi connectivity index (χ0v) is 16.8. The molecule has 0 saturated heterocycles. The molecule has 6 heteroatoms. The number of fused-ring (bicyclic) bond motifs is 1. The molecule has 2 aliphatic rings. The summed E-state index contributed by atoms with van der Waals surface area (Å²) >= 11 is 6.20. The minimum Gasteiger partial charge on any atom is -0.464 e. The maximum absolute atomic E-state index is 12.7. The predicted octanol–water partition coefficient (Wildman–Crippen LogP) is 4.30. The van der Waals surface area contributed by atoms with E-state index in [1.807, 2.05) is 13.0 Å². The average molecular weight is 391 g/mol. The number of hydrogen-bond donors (Lipinski definition) is 0. The molecule has 144 valence electrons. The first-order valence-corrected chi connectivity index (χ1v) is 9.12. The van der Waals surface area contributed by atoms with Crippen molar-refractivity contribution in [1.82, 2.24) is 0 Å². The van der Waals surface area contributed by atoms with Crippen LogP contribution in [0, 0.1) is 5.92 Å². The van der Waals surface area contributed by atoms with E-state index in [9.17, 15) is 14.4 Å². The van der Waals surface area contributed by atoms with Gasteiger partial charge in [-0.25, -0.2) is 0 Å². The maximum Gasteiger partial charge on any atom is 0.304 e. The molecular weight excluding hydrogens is 368 g/mol. The Morgan fingerprint density at radius 3 is 2.59 bits per heavy atom. The van der Waals surface area contributed by atoms with E-state index >= 15 is 0 Å². The lowest BCUT2D eigenvalue weighted by molar-refractivity contribution is -0.167. The van der Waals surface area contributed by atoms with Gasteiger partial charge in [0.1, 0.15) is 12.0 Å². The molecule has 2 rings (SSSR count). The van der Waals surface area contributed by atoms with E-state index in [4.69, 9.17) is 21.1 Å². The van der Waals surface area contributed by atoms with Gasteiger partial charge in [-0.15, -0.1) is 0 Å². The fraction of sp³-hybridized carbons (Fsp3) is 0.381. The van der Waals surface area contributed by atoms with Crippen LogP contribution in [0.25, 0.3) is 0 Å². The highest BCUT2D eigenvalue weighted by molar-refractivity contribution is 6.49. The van der Waals surface area contributed by atoms with Crippen molar-refractivity contribution in [1.29, 1.82) is 0 Å². The van der Waals surface area contributed by atoms with E-state index in [1.54, 1.807) is 6.08 Å². The largest absolute Gasteiger partial charge is 0.464 e. The summed E-state index contributed by atoms with van der Waals surface area (Å²) < 4.78 is 10.5. The van der Waals surface area contributed by atoms with E-state index in [0.717, 1.165) is 18.9 Å². The third kappa shape index (κ3) is 4.30. The lowest BCUT2D eigenvalue weighted by Crippen LogP contribution is -2.51. The molecule has 0 aromatic rings. The van der Waals surface area contributed by atoms with Gasteiger partial charge in [0.25, 0.3) is 0 Å². The molecule has 5 nitrogen and oxygen atoms in total. The summed E-state index contributed by atoms with van der Waals surface area (Å²) in [6, 6.07) is 0. The van der Waals surface area contributed by atoms with Gasteiger partial charge in [-0.3, -0.25) is 14.4 Å². The summed E-state index contributed by atoms with van der Waals surface area (Å²) in [6.45, 7) is 8.60. The summed E-state index contributed by atoms with van der Waals surface area (Å²) in [5.74, 6) is -1.24. The second-order valence-corrected chi connectivity index (χ2v) is 7.22. The van der Waals surface area contributed by atoms with Crippen molar-refractivity contribution in [3.05, 3.63) is 58.1 Å². The molecule has 1 aliphatic carbocycles. The van der Waals surface area contributed by atoms with Crippen molar-refractivity contribution in [3.63, 3.8) is 0 Å². The van der Waals surface area contributed by atoms with Crippen LogP contribution in [0.5, 0.6) is 0 Å². The van der Waals surface area contributed by atoms with Gasteiger partial charge in [-0.1, -0.05) is 49.6 Å². The number of carbonyl (C=O) groups excluding carboxylic acids is 3. The summed E-state index contributed by atoms with van der Waals surface area (Å²) in [7, 11) is 0. The van der Waals surface area contributed by atoms with Crippen molar-refractivity contribution in [2.24, 2.45) is 5.92 Å². The number of esters is 1. The van der Waals surface area contributed by atoms with Crippen molar-refractivity contribution in [2.75, 3.05) is 0 Å². The van der Waals surface area contributed by atoms with Crippen LogP contribution in [0.1, 0.15) is 41.0 Å². The Labute approximate surface area is 164 Å². The van der Waals surface area contributed by atoms with Gasteiger partial charge in [0.15, 0.2) is 0 Å². The number of carbonyl (C=O) groups is 3. The van der Waals surface area contributed by atoms with E-state index in [1.165, 1.54) is 19.3 Å². The van der Waals surface area contributed by atoms with Crippen molar-refractivity contribution < 1.29 is 23.9 Å². The Hall–Kier alpha value is -2.40. The highest BCUT2D eigenvalue weighted by atomic mass is 35.5.